The van der Waals surface area contributed by atoms with E-state index in [-0.39, 0.29) is 22.8 Å². The molecule has 0 aliphatic heterocycles. The summed E-state index contributed by atoms with van der Waals surface area (Å²) in [6.07, 6.45) is 2.52. The Hall–Kier alpha value is -1.60. The second-order valence-electron chi connectivity index (χ2n) is 5.71. The molecule has 3 N–H and O–H groups in total. The largest absolute Gasteiger partial charge is 0.469 e. The first-order chi connectivity index (χ1) is 10.3. The van der Waals surface area contributed by atoms with E-state index in [9.17, 15) is 13.2 Å². The van der Waals surface area contributed by atoms with Crippen molar-refractivity contribution >= 4 is 21.7 Å². The van der Waals surface area contributed by atoms with Gasteiger partial charge in [0.25, 0.3) is 0 Å². The van der Waals surface area contributed by atoms with Gasteiger partial charge in [-0.1, -0.05) is 6.07 Å². The Balaban J connectivity index is 2.01. The number of nitrogens with one attached hydrogen (secondary N) is 1. The minimum Gasteiger partial charge on any atom is -0.469 e. The fraction of sp³-hybridized carbons (Fsp3) is 0.533. The topological polar surface area (TPSA) is 98.5 Å². The molecule has 0 saturated heterocycles. The number of rotatable bonds is 4. The van der Waals surface area contributed by atoms with Crippen molar-refractivity contribution in [1.82, 2.24) is 4.72 Å². The van der Waals surface area contributed by atoms with Crippen LogP contribution in [0.4, 0.5) is 5.69 Å². The fourth-order valence-corrected chi connectivity index (χ4v) is 4.03. The molecule has 0 amide bonds. The number of aryl methyl sites for hydroxylation is 1. The van der Waals surface area contributed by atoms with E-state index < -0.39 is 10.0 Å². The van der Waals surface area contributed by atoms with Gasteiger partial charge in [-0.05, 0) is 50.3 Å². The Morgan fingerprint density at radius 3 is 2.45 bits per heavy atom. The molecule has 1 aromatic rings. The summed E-state index contributed by atoms with van der Waals surface area (Å²) in [4.78, 5) is 11.6. The fourth-order valence-electron chi connectivity index (χ4n) is 2.69. The SMILES string of the molecule is COC(=O)[C@H]1CC[C@H](NS(=O)(=O)c2ccc(C)c(N)c2)CC1. The molecule has 0 spiro atoms. The normalized spacial score (nSPS) is 22.3. The Kier molecular flexibility index (Phi) is 5.08. The zero-order valence-electron chi connectivity index (χ0n) is 12.8. The first-order valence-electron chi connectivity index (χ1n) is 7.30. The van der Waals surface area contributed by atoms with Crippen LogP contribution >= 0.6 is 0 Å². The molecule has 1 aromatic carbocycles. The van der Waals surface area contributed by atoms with Crippen molar-refractivity contribution in [3.05, 3.63) is 23.8 Å². The van der Waals surface area contributed by atoms with Crippen LogP contribution in [0.25, 0.3) is 0 Å². The molecule has 2 rings (SSSR count). The van der Waals surface area contributed by atoms with E-state index in [0.29, 0.717) is 31.4 Å². The maximum atomic E-state index is 12.4. The molecule has 0 radical (unpaired) electrons. The summed E-state index contributed by atoms with van der Waals surface area (Å²) in [6.45, 7) is 1.83. The van der Waals surface area contributed by atoms with Crippen LogP contribution in [0.3, 0.4) is 0 Å². The first-order valence-corrected chi connectivity index (χ1v) is 8.78. The highest BCUT2D eigenvalue weighted by atomic mass is 32.2. The number of methoxy groups -OCH3 is 1. The van der Waals surface area contributed by atoms with Crippen LogP contribution in [0.5, 0.6) is 0 Å². The van der Waals surface area contributed by atoms with Gasteiger partial charge >= 0.3 is 5.97 Å². The zero-order chi connectivity index (χ0) is 16.3. The van der Waals surface area contributed by atoms with Gasteiger partial charge in [-0.15, -0.1) is 0 Å². The summed E-state index contributed by atoms with van der Waals surface area (Å²) in [7, 11) is -2.21. The average molecular weight is 326 g/mol. The molecular weight excluding hydrogens is 304 g/mol. The predicted molar refractivity (Wildman–Crippen MR) is 83.7 cm³/mol. The number of esters is 1. The Labute approximate surface area is 131 Å². The van der Waals surface area contributed by atoms with E-state index in [4.69, 9.17) is 10.5 Å². The van der Waals surface area contributed by atoms with Crippen molar-refractivity contribution in [2.24, 2.45) is 5.92 Å². The quantitative estimate of drug-likeness (QED) is 0.646. The number of carbonyl (C=O) groups is 1. The van der Waals surface area contributed by atoms with E-state index in [0.717, 1.165) is 5.56 Å². The molecule has 1 saturated carbocycles. The number of sulfonamides is 1. The lowest BCUT2D eigenvalue weighted by atomic mass is 9.86. The number of nitrogens with two attached hydrogens (primary N) is 1. The van der Waals surface area contributed by atoms with Crippen molar-refractivity contribution in [3.8, 4) is 0 Å². The van der Waals surface area contributed by atoms with Crippen molar-refractivity contribution < 1.29 is 17.9 Å². The van der Waals surface area contributed by atoms with E-state index in [2.05, 4.69) is 4.72 Å². The molecule has 122 valence electrons. The molecule has 22 heavy (non-hydrogen) atoms. The highest BCUT2D eigenvalue weighted by molar-refractivity contribution is 7.89. The Morgan fingerprint density at radius 1 is 1.27 bits per heavy atom. The summed E-state index contributed by atoms with van der Waals surface area (Å²) in [6, 6.07) is 4.55. The van der Waals surface area contributed by atoms with Crippen molar-refractivity contribution in [1.29, 1.82) is 0 Å². The first kappa shape index (κ1) is 16.8. The van der Waals surface area contributed by atoms with Gasteiger partial charge in [0.05, 0.1) is 17.9 Å². The maximum absolute atomic E-state index is 12.4. The Morgan fingerprint density at radius 2 is 1.91 bits per heavy atom. The lowest BCUT2D eigenvalue weighted by Gasteiger charge is -2.27. The number of carbonyl (C=O) groups excluding carboxylic acids is 1. The summed E-state index contributed by atoms with van der Waals surface area (Å²) in [5.41, 5.74) is 7.07. The van der Waals surface area contributed by atoms with Crippen LogP contribution in [-0.2, 0) is 19.6 Å². The van der Waals surface area contributed by atoms with Gasteiger partial charge in [-0.2, -0.15) is 0 Å². The van der Waals surface area contributed by atoms with Gasteiger partial charge in [-0.25, -0.2) is 13.1 Å². The third-order valence-electron chi connectivity index (χ3n) is 4.14. The molecule has 7 heteroatoms. The third-order valence-corrected chi connectivity index (χ3v) is 5.66. The molecule has 0 aromatic heterocycles. The monoisotopic (exact) mass is 326 g/mol. The van der Waals surface area contributed by atoms with Crippen molar-refractivity contribution in [2.45, 2.75) is 43.5 Å². The minimum atomic E-state index is -3.59. The van der Waals surface area contributed by atoms with Crippen LogP contribution in [0.1, 0.15) is 31.2 Å². The number of hydrogen-bond acceptors (Lipinski definition) is 5. The molecular formula is C15H22N2O4S. The number of benzene rings is 1. The standard InChI is InChI=1S/C15H22N2O4S/c1-10-3-8-13(9-14(10)16)22(19,20)17-12-6-4-11(5-7-12)15(18)21-2/h3,8-9,11-12,17H,4-7,16H2,1-2H3/t11-,12-. The number of hydrogen-bond donors (Lipinski definition) is 2. The second kappa shape index (κ2) is 6.66. The van der Waals surface area contributed by atoms with Gasteiger partial charge in [0.1, 0.15) is 0 Å². The zero-order valence-corrected chi connectivity index (χ0v) is 13.7. The highest BCUT2D eigenvalue weighted by Crippen LogP contribution is 2.26. The van der Waals surface area contributed by atoms with E-state index >= 15 is 0 Å². The van der Waals surface area contributed by atoms with Crippen LogP contribution in [0.2, 0.25) is 0 Å². The third kappa shape index (κ3) is 3.78. The number of anilines is 1. The van der Waals surface area contributed by atoms with Gasteiger partial charge in [0.2, 0.25) is 10.0 Å². The number of nitrogen functional groups attached to an aromatic ring is 1. The summed E-state index contributed by atoms with van der Waals surface area (Å²) >= 11 is 0. The highest BCUT2D eigenvalue weighted by Gasteiger charge is 2.29. The molecule has 0 heterocycles. The van der Waals surface area contributed by atoms with Crippen LogP contribution in [0, 0.1) is 12.8 Å². The van der Waals surface area contributed by atoms with Crippen LogP contribution < -0.4 is 10.5 Å². The van der Waals surface area contributed by atoms with Gasteiger partial charge in [0.15, 0.2) is 0 Å². The minimum absolute atomic E-state index is 0.124. The van der Waals surface area contributed by atoms with Crippen LogP contribution in [0.15, 0.2) is 23.1 Å². The van der Waals surface area contributed by atoms with Crippen LogP contribution in [-0.4, -0.2) is 27.5 Å². The summed E-state index contributed by atoms with van der Waals surface area (Å²) < 4.78 is 32.2. The van der Waals surface area contributed by atoms with Gasteiger partial charge in [-0.3, -0.25) is 4.79 Å². The lowest BCUT2D eigenvalue weighted by Crippen LogP contribution is -2.38. The molecule has 1 fully saturated rings. The smallest absolute Gasteiger partial charge is 0.308 e. The van der Waals surface area contributed by atoms with Gasteiger partial charge < -0.3 is 10.5 Å². The average Bonchev–Trinajstić information content (AvgIpc) is 2.49. The Bertz CT molecular complexity index is 650. The molecule has 6 nitrogen and oxygen atoms in total. The number of ether oxygens (including phenoxy) is 1. The van der Waals surface area contributed by atoms with Crippen molar-refractivity contribution in [3.63, 3.8) is 0 Å². The molecule has 1 aliphatic carbocycles. The van der Waals surface area contributed by atoms with E-state index in [1.54, 1.807) is 12.1 Å². The van der Waals surface area contributed by atoms with Gasteiger partial charge in [0, 0.05) is 11.7 Å². The van der Waals surface area contributed by atoms with Crippen molar-refractivity contribution in [2.75, 3.05) is 12.8 Å². The summed E-state index contributed by atoms with van der Waals surface area (Å²) in [5, 5.41) is 0. The molecule has 0 bridgehead atoms. The molecule has 0 unspecified atom stereocenters. The predicted octanol–water partition coefficient (Wildman–Crippen LogP) is 1.59. The summed E-state index contributed by atoms with van der Waals surface area (Å²) in [5.74, 6) is -0.339. The molecule has 1 aliphatic rings. The molecule has 0 atom stereocenters. The van der Waals surface area contributed by atoms with E-state index in [1.165, 1.54) is 13.2 Å². The second-order valence-corrected chi connectivity index (χ2v) is 7.43. The van der Waals surface area contributed by atoms with E-state index in [1.807, 2.05) is 6.92 Å². The lowest BCUT2D eigenvalue weighted by molar-refractivity contribution is -0.146. The maximum Gasteiger partial charge on any atom is 0.308 e.